The maximum atomic E-state index is 11.7. The fourth-order valence-corrected chi connectivity index (χ4v) is 2.61. The lowest BCUT2D eigenvalue weighted by Crippen LogP contribution is -2.24. The molecule has 5 heteroatoms. The Balaban J connectivity index is 1.51. The van der Waals surface area contributed by atoms with E-state index in [0.717, 1.165) is 21.9 Å². The first kappa shape index (κ1) is 18.2. The maximum absolute atomic E-state index is 11.7. The van der Waals surface area contributed by atoms with Crippen LogP contribution < -0.4 is 5.32 Å². The third-order valence-electron chi connectivity index (χ3n) is 4.00. The highest BCUT2D eigenvalue weighted by atomic mass is 16.5. The molecule has 0 bridgehead atoms. The van der Waals surface area contributed by atoms with E-state index in [0.29, 0.717) is 6.54 Å². The zero-order valence-electron chi connectivity index (χ0n) is 14.6. The number of nitrogens with one attached hydrogen (secondary N) is 1. The summed E-state index contributed by atoms with van der Waals surface area (Å²) in [4.78, 5) is 22.7. The average molecular weight is 361 g/mol. The lowest BCUT2D eigenvalue weighted by atomic mass is 10.0. The van der Waals surface area contributed by atoms with Gasteiger partial charge in [0.25, 0.3) is 0 Å². The molecule has 0 heterocycles. The second kappa shape index (κ2) is 8.67. The molecule has 0 atom stereocenters. The number of carbonyl (C=O) groups is 2. The second-order valence-corrected chi connectivity index (χ2v) is 5.97. The molecule has 5 nitrogen and oxygen atoms in total. The highest BCUT2D eigenvalue weighted by Crippen LogP contribution is 2.19. The minimum Gasteiger partial charge on any atom is -0.478 e. The van der Waals surface area contributed by atoms with E-state index in [1.165, 1.54) is 0 Å². The van der Waals surface area contributed by atoms with Gasteiger partial charge in [0.05, 0.1) is 5.56 Å². The number of carbonyl (C=O) groups excluding carboxylic acids is 1. The molecule has 0 aromatic heterocycles. The monoisotopic (exact) mass is 361 g/mol. The van der Waals surface area contributed by atoms with Crippen molar-refractivity contribution in [2.75, 3.05) is 6.54 Å². The molecule has 0 saturated heterocycles. The van der Waals surface area contributed by atoms with Gasteiger partial charge in [0.15, 0.2) is 0 Å². The quantitative estimate of drug-likeness (QED) is 0.679. The summed E-state index contributed by atoms with van der Waals surface area (Å²) >= 11 is 0. The van der Waals surface area contributed by atoms with Gasteiger partial charge in [0, 0.05) is 6.54 Å². The first-order valence-electron chi connectivity index (χ1n) is 8.50. The Kier molecular flexibility index (Phi) is 5.84. The van der Waals surface area contributed by atoms with E-state index in [2.05, 4.69) is 5.32 Å². The van der Waals surface area contributed by atoms with Crippen molar-refractivity contribution >= 4 is 28.9 Å². The number of ether oxygens (including phenoxy) is 1. The molecule has 0 unspecified atom stereocenters. The Bertz CT molecular complexity index is 980. The van der Waals surface area contributed by atoms with Crippen molar-refractivity contribution in [2.24, 2.45) is 0 Å². The van der Waals surface area contributed by atoms with Crippen LogP contribution in [0.15, 0.2) is 72.8 Å². The molecule has 0 aliphatic heterocycles. The number of amides is 1. The largest absolute Gasteiger partial charge is 0.478 e. The first-order valence-corrected chi connectivity index (χ1v) is 8.50. The van der Waals surface area contributed by atoms with Crippen molar-refractivity contribution in [1.29, 1.82) is 0 Å². The van der Waals surface area contributed by atoms with Crippen molar-refractivity contribution in [1.82, 2.24) is 5.32 Å². The second-order valence-electron chi connectivity index (χ2n) is 5.97. The van der Waals surface area contributed by atoms with Gasteiger partial charge in [0.1, 0.15) is 6.61 Å². The van der Waals surface area contributed by atoms with E-state index >= 15 is 0 Å². The SMILES string of the molecule is O=C(NCC=Cc1ccc2cc(C(=O)O)ccc2c1)OCc1ccccc1. The Hall–Kier alpha value is -3.60. The van der Waals surface area contributed by atoms with Crippen molar-refractivity contribution in [3.05, 3.63) is 89.5 Å². The number of hydrogen-bond donors (Lipinski definition) is 2. The molecule has 2 N–H and O–H groups in total. The van der Waals surface area contributed by atoms with E-state index < -0.39 is 12.1 Å². The van der Waals surface area contributed by atoms with Crippen molar-refractivity contribution in [3.8, 4) is 0 Å². The molecule has 3 aromatic rings. The van der Waals surface area contributed by atoms with Gasteiger partial charge in [-0.2, -0.15) is 0 Å². The summed E-state index contributed by atoms with van der Waals surface area (Å²) in [5.74, 6) is -0.939. The molecule has 0 fully saturated rings. The van der Waals surface area contributed by atoms with Gasteiger partial charge in [0.2, 0.25) is 0 Å². The molecule has 0 radical (unpaired) electrons. The van der Waals surface area contributed by atoms with E-state index in [1.54, 1.807) is 18.2 Å². The number of carboxylic acid groups (broad SMARTS) is 1. The van der Waals surface area contributed by atoms with Crippen molar-refractivity contribution in [3.63, 3.8) is 0 Å². The number of alkyl carbamates (subject to hydrolysis) is 1. The van der Waals surface area contributed by atoms with Crippen LogP contribution >= 0.6 is 0 Å². The Morgan fingerprint density at radius 3 is 2.48 bits per heavy atom. The molecule has 0 aliphatic rings. The smallest absolute Gasteiger partial charge is 0.407 e. The lowest BCUT2D eigenvalue weighted by molar-refractivity contribution is 0.0697. The van der Waals surface area contributed by atoms with Gasteiger partial charge in [-0.1, -0.05) is 60.7 Å². The topological polar surface area (TPSA) is 75.6 Å². The normalized spacial score (nSPS) is 10.8. The predicted octanol–water partition coefficient (Wildman–Crippen LogP) is 4.48. The predicted molar refractivity (Wildman–Crippen MR) is 105 cm³/mol. The maximum Gasteiger partial charge on any atom is 0.407 e. The molecular weight excluding hydrogens is 342 g/mol. The van der Waals surface area contributed by atoms with Crippen LogP contribution in [0, 0.1) is 0 Å². The van der Waals surface area contributed by atoms with Crippen molar-refractivity contribution < 1.29 is 19.4 Å². The summed E-state index contributed by atoms with van der Waals surface area (Å²) in [6.45, 7) is 0.586. The molecular formula is C22H19NO4. The van der Waals surface area contributed by atoms with Crippen LogP contribution in [0.25, 0.3) is 16.8 Å². The number of benzene rings is 3. The van der Waals surface area contributed by atoms with Crippen LogP contribution in [0.4, 0.5) is 4.79 Å². The standard InChI is InChI=1S/C22H19NO4/c24-21(25)20-11-10-18-13-16(8-9-19(18)14-20)7-4-12-23-22(26)27-15-17-5-2-1-3-6-17/h1-11,13-14H,12,15H2,(H,23,26)(H,24,25). The fourth-order valence-electron chi connectivity index (χ4n) is 2.61. The molecule has 3 rings (SSSR count). The fraction of sp³-hybridized carbons (Fsp3) is 0.0909. The third-order valence-corrected chi connectivity index (χ3v) is 4.00. The van der Waals surface area contributed by atoms with Gasteiger partial charge in [-0.3, -0.25) is 0 Å². The van der Waals surface area contributed by atoms with Crippen LogP contribution in [0.3, 0.4) is 0 Å². The number of hydrogen-bond acceptors (Lipinski definition) is 3. The Labute approximate surface area is 156 Å². The van der Waals surface area contributed by atoms with Gasteiger partial charge in [-0.05, 0) is 40.1 Å². The first-order chi connectivity index (χ1) is 13.1. The lowest BCUT2D eigenvalue weighted by Gasteiger charge is -2.05. The highest BCUT2D eigenvalue weighted by molar-refractivity contribution is 5.94. The molecule has 3 aromatic carbocycles. The van der Waals surface area contributed by atoms with Crippen LogP contribution in [0.2, 0.25) is 0 Å². The summed E-state index contributed by atoms with van der Waals surface area (Å²) in [5, 5.41) is 13.5. The van der Waals surface area contributed by atoms with Crippen LogP contribution in [0.1, 0.15) is 21.5 Å². The van der Waals surface area contributed by atoms with E-state index in [-0.39, 0.29) is 12.2 Å². The number of fused-ring (bicyclic) bond motifs is 1. The molecule has 1 amide bonds. The zero-order valence-corrected chi connectivity index (χ0v) is 14.6. The third kappa shape index (κ3) is 5.19. The van der Waals surface area contributed by atoms with Gasteiger partial charge < -0.3 is 15.2 Å². The average Bonchev–Trinajstić information content (AvgIpc) is 2.70. The van der Waals surface area contributed by atoms with Gasteiger partial charge >= 0.3 is 12.1 Å². The Morgan fingerprint density at radius 2 is 1.70 bits per heavy atom. The summed E-state index contributed by atoms with van der Waals surface area (Å²) in [6, 6.07) is 20.3. The van der Waals surface area contributed by atoms with Crippen molar-refractivity contribution in [2.45, 2.75) is 6.61 Å². The zero-order chi connectivity index (χ0) is 19.1. The highest BCUT2D eigenvalue weighted by Gasteiger charge is 2.04. The van der Waals surface area contributed by atoms with Crippen LogP contribution in [0.5, 0.6) is 0 Å². The van der Waals surface area contributed by atoms with Crippen LogP contribution in [-0.4, -0.2) is 23.7 Å². The molecule has 0 aliphatic carbocycles. The van der Waals surface area contributed by atoms with E-state index in [1.807, 2.05) is 60.7 Å². The van der Waals surface area contributed by atoms with E-state index in [4.69, 9.17) is 9.84 Å². The molecule has 27 heavy (non-hydrogen) atoms. The summed E-state index contributed by atoms with van der Waals surface area (Å²) in [5.41, 5.74) is 2.17. The van der Waals surface area contributed by atoms with Gasteiger partial charge in [-0.25, -0.2) is 9.59 Å². The van der Waals surface area contributed by atoms with E-state index in [9.17, 15) is 9.59 Å². The number of rotatable bonds is 6. The van der Waals surface area contributed by atoms with Crippen LogP contribution in [-0.2, 0) is 11.3 Å². The van der Waals surface area contributed by atoms with Gasteiger partial charge in [-0.15, -0.1) is 0 Å². The molecule has 0 spiro atoms. The minimum absolute atomic E-state index is 0.236. The minimum atomic E-state index is -0.939. The Morgan fingerprint density at radius 1 is 0.963 bits per heavy atom. The summed E-state index contributed by atoms with van der Waals surface area (Å²) in [6.07, 6.45) is 3.25. The molecule has 136 valence electrons. The summed E-state index contributed by atoms with van der Waals surface area (Å²) < 4.78 is 5.14. The number of aromatic carboxylic acids is 1. The summed E-state index contributed by atoms with van der Waals surface area (Å²) in [7, 11) is 0. The number of carboxylic acids is 1. The molecule has 0 saturated carbocycles.